The summed E-state index contributed by atoms with van der Waals surface area (Å²) in [7, 11) is 0. The van der Waals surface area contributed by atoms with Crippen molar-refractivity contribution in [1.29, 1.82) is 0 Å². The molecule has 0 aliphatic carbocycles. The molecule has 0 aliphatic rings. The third kappa shape index (κ3) is 2.31. The molecule has 7 heteroatoms. The molecule has 0 saturated heterocycles. The predicted octanol–water partition coefficient (Wildman–Crippen LogP) is 0.315. The van der Waals surface area contributed by atoms with Gasteiger partial charge in [-0.1, -0.05) is 11.8 Å². The van der Waals surface area contributed by atoms with Gasteiger partial charge in [-0.05, 0) is 24.3 Å². The molecular formula is C9H7N3O3S. The van der Waals surface area contributed by atoms with Crippen LogP contribution in [-0.2, 0) is 0 Å². The van der Waals surface area contributed by atoms with E-state index >= 15 is 0 Å². The van der Waals surface area contributed by atoms with Crippen molar-refractivity contribution in [3.8, 4) is 5.75 Å². The molecule has 0 aliphatic heterocycles. The maximum atomic E-state index is 11.3. The first-order valence-electron chi connectivity index (χ1n) is 4.31. The molecule has 82 valence electrons. The molecule has 0 radical (unpaired) electrons. The van der Waals surface area contributed by atoms with Crippen LogP contribution in [0.5, 0.6) is 5.75 Å². The Labute approximate surface area is 93.4 Å². The first kappa shape index (κ1) is 10.5. The summed E-state index contributed by atoms with van der Waals surface area (Å²) in [5.41, 5.74) is -1.18. The van der Waals surface area contributed by atoms with Crippen molar-refractivity contribution >= 4 is 11.8 Å². The summed E-state index contributed by atoms with van der Waals surface area (Å²) in [6, 6.07) is 6.29. The Bertz CT molecular complexity index is 602. The molecule has 2 rings (SSSR count). The van der Waals surface area contributed by atoms with Gasteiger partial charge in [-0.15, -0.1) is 0 Å². The number of phenolic OH excluding ortho intramolecular Hbond substituents is 1. The van der Waals surface area contributed by atoms with Gasteiger partial charge in [-0.3, -0.25) is 9.78 Å². The zero-order valence-electron chi connectivity index (χ0n) is 7.93. The average Bonchev–Trinajstić information content (AvgIpc) is 2.25. The third-order valence-corrected chi connectivity index (χ3v) is 2.71. The number of benzene rings is 1. The molecule has 1 heterocycles. The number of aromatic amines is 2. The fourth-order valence-electron chi connectivity index (χ4n) is 1.03. The van der Waals surface area contributed by atoms with Crippen LogP contribution in [0.25, 0.3) is 0 Å². The highest BCUT2D eigenvalue weighted by atomic mass is 32.2. The fourth-order valence-corrected chi connectivity index (χ4v) is 1.76. The first-order chi connectivity index (χ1) is 7.65. The van der Waals surface area contributed by atoms with Crippen LogP contribution in [0, 0.1) is 0 Å². The smallest absolute Gasteiger partial charge is 0.342 e. The molecular weight excluding hydrogens is 230 g/mol. The van der Waals surface area contributed by atoms with Crippen LogP contribution in [0.4, 0.5) is 0 Å². The lowest BCUT2D eigenvalue weighted by atomic mass is 10.3. The van der Waals surface area contributed by atoms with Gasteiger partial charge in [0.2, 0.25) is 0 Å². The van der Waals surface area contributed by atoms with E-state index in [1.54, 1.807) is 12.1 Å². The second-order valence-corrected chi connectivity index (χ2v) is 3.97. The molecule has 0 saturated carbocycles. The van der Waals surface area contributed by atoms with Gasteiger partial charge in [-0.25, -0.2) is 9.89 Å². The highest BCUT2D eigenvalue weighted by Gasteiger charge is 2.04. The fraction of sp³-hybridized carbons (Fsp3) is 0. The van der Waals surface area contributed by atoms with Crippen molar-refractivity contribution in [3.05, 3.63) is 45.1 Å². The number of aromatic nitrogens is 3. The van der Waals surface area contributed by atoms with Crippen molar-refractivity contribution in [2.45, 2.75) is 9.92 Å². The molecule has 0 amide bonds. The Morgan fingerprint density at radius 1 is 1.19 bits per heavy atom. The van der Waals surface area contributed by atoms with E-state index in [-0.39, 0.29) is 10.8 Å². The van der Waals surface area contributed by atoms with E-state index in [0.717, 1.165) is 16.7 Å². The Morgan fingerprint density at radius 2 is 1.88 bits per heavy atom. The van der Waals surface area contributed by atoms with E-state index in [0.29, 0.717) is 0 Å². The van der Waals surface area contributed by atoms with Gasteiger partial charge in [0.05, 0.1) is 0 Å². The maximum absolute atomic E-state index is 11.3. The van der Waals surface area contributed by atoms with Gasteiger partial charge in [0.25, 0.3) is 5.56 Å². The van der Waals surface area contributed by atoms with Gasteiger partial charge in [0.15, 0.2) is 5.03 Å². The van der Waals surface area contributed by atoms with E-state index in [2.05, 4.69) is 15.2 Å². The molecule has 16 heavy (non-hydrogen) atoms. The number of nitrogens with zero attached hydrogens (tertiary/aromatic N) is 1. The van der Waals surface area contributed by atoms with E-state index < -0.39 is 11.2 Å². The van der Waals surface area contributed by atoms with Crippen LogP contribution in [0.3, 0.4) is 0 Å². The second kappa shape index (κ2) is 4.23. The lowest BCUT2D eigenvalue weighted by Crippen LogP contribution is -2.24. The zero-order valence-corrected chi connectivity index (χ0v) is 8.75. The Kier molecular flexibility index (Phi) is 2.78. The summed E-state index contributed by atoms with van der Waals surface area (Å²) < 4.78 is 0. The quantitative estimate of drug-likeness (QED) is 0.698. The number of hydrogen-bond donors (Lipinski definition) is 3. The zero-order chi connectivity index (χ0) is 11.5. The highest BCUT2D eigenvalue weighted by molar-refractivity contribution is 7.99. The van der Waals surface area contributed by atoms with Gasteiger partial charge >= 0.3 is 5.69 Å². The minimum Gasteiger partial charge on any atom is -0.508 e. The summed E-state index contributed by atoms with van der Waals surface area (Å²) >= 11 is 1.10. The van der Waals surface area contributed by atoms with Crippen LogP contribution in [0.15, 0.2) is 43.8 Å². The van der Waals surface area contributed by atoms with Crippen LogP contribution in [0.2, 0.25) is 0 Å². The monoisotopic (exact) mass is 237 g/mol. The maximum Gasteiger partial charge on any atom is 0.342 e. The molecule has 0 spiro atoms. The second-order valence-electron chi connectivity index (χ2n) is 2.91. The minimum atomic E-state index is -0.639. The summed E-state index contributed by atoms with van der Waals surface area (Å²) in [5, 5.41) is 15.0. The predicted molar refractivity (Wildman–Crippen MR) is 57.7 cm³/mol. The number of hydrogen-bond acceptors (Lipinski definition) is 5. The molecule has 2 aromatic rings. The number of aromatic hydroxyl groups is 1. The van der Waals surface area contributed by atoms with Crippen LogP contribution in [-0.4, -0.2) is 20.3 Å². The van der Waals surface area contributed by atoms with Gasteiger partial charge in [0, 0.05) is 4.90 Å². The molecule has 0 bridgehead atoms. The molecule has 6 nitrogen and oxygen atoms in total. The van der Waals surface area contributed by atoms with Crippen molar-refractivity contribution in [1.82, 2.24) is 15.2 Å². The number of H-pyrrole nitrogens is 2. The third-order valence-electron chi connectivity index (χ3n) is 1.73. The summed E-state index contributed by atoms with van der Waals surface area (Å²) in [5.74, 6) is 0.146. The summed E-state index contributed by atoms with van der Waals surface area (Å²) in [6.07, 6.45) is 0. The number of nitrogens with one attached hydrogen (secondary N) is 2. The average molecular weight is 237 g/mol. The van der Waals surface area contributed by atoms with Crippen LogP contribution < -0.4 is 11.2 Å². The molecule has 1 aromatic heterocycles. The Hall–Kier alpha value is -2.02. The van der Waals surface area contributed by atoms with Crippen LogP contribution in [0.1, 0.15) is 0 Å². The lowest BCUT2D eigenvalue weighted by molar-refractivity contribution is 0.475. The summed E-state index contributed by atoms with van der Waals surface area (Å²) in [6.45, 7) is 0. The molecule has 0 atom stereocenters. The minimum absolute atomic E-state index is 0.144. The summed E-state index contributed by atoms with van der Waals surface area (Å²) in [4.78, 5) is 24.8. The number of phenols is 1. The molecule has 0 fully saturated rings. The first-order valence-corrected chi connectivity index (χ1v) is 5.13. The van der Waals surface area contributed by atoms with Gasteiger partial charge < -0.3 is 5.11 Å². The molecule has 0 unspecified atom stereocenters. The van der Waals surface area contributed by atoms with Crippen molar-refractivity contribution in [3.63, 3.8) is 0 Å². The topological polar surface area (TPSA) is 98.8 Å². The van der Waals surface area contributed by atoms with E-state index in [9.17, 15) is 9.59 Å². The molecule has 3 N–H and O–H groups in total. The van der Waals surface area contributed by atoms with Gasteiger partial charge in [0.1, 0.15) is 5.75 Å². The highest BCUT2D eigenvalue weighted by Crippen LogP contribution is 2.24. The lowest BCUT2D eigenvalue weighted by Gasteiger charge is -1.98. The Morgan fingerprint density at radius 3 is 2.50 bits per heavy atom. The van der Waals surface area contributed by atoms with E-state index in [1.807, 2.05) is 0 Å². The van der Waals surface area contributed by atoms with E-state index in [4.69, 9.17) is 5.11 Å². The van der Waals surface area contributed by atoms with E-state index in [1.165, 1.54) is 12.1 Å². The van der Waals surface area contributed by atoms with Gasteiger partial charge in [-0.2, -0.15) is 5.10 Å². The van der Waals surface area contributed by atoms with Crippen molar-refractivity contribution in [2.75, 3.05) is 0 Å². The Balaban J connectivity index is 2.30. The largest absolute Gasteiger partial charge is 0.508 e. The van der Waals surface area contributed by atoms with Crippen LogP contribution >= 0.6 is 11.8 Å². The number of rotatable bonds is 2. The van der Waals surface area contributed by atoms with Crippen molar-refractivity contribution in [2.24, 2.45) is 0 Å². The van der Waals surface area contributed by atoms with Crippen molar-refractivity contribution < 1.29 is 5.11 Å². The normalized spacial score (nSPS) is 10.2. The SMILES string of the molecule is O=c1[nH]nc(Sc2ccc(O)cc2)c(=O)[nH]1. The molecule has 1 aromatic carbocycles. The standard InChI is InChI=1S/C9H7N3O3S/c13-5-1-3-6(4-2-5)16-8-7(14)10-9(15)12-11-8/h1-4,13H,(H2,10,12,14,15).